The molecule has 4 nitrogen and oxygen atoms in total. The maximum atomic E-state index is 12.7. The molecule has 2 atom stereocenters. The highest BCUT2D eigenvalue weighted by Gasteiger charge is 2.25. The van der Waals surface area contributed by atoms with Gasteiger partial charge in [0.2, 0.25) is 5.91 Å². The van der Waals surface area contributed by atoms with Crippen molar-refractivity contribution in [1.82, 2.24) is 4.90 Å². The highest BCUT2D eigenvalue weighted by molar-refractivity contribution is 5.76. The van der Waals surface area contributed by atoms with E-state index in [4.69, 9.17) is 9.47 Å². The number of benzene rings is 1. The number of carbonyl (C=O) groups is 1. The molecular weight excluding hydrogens is 261 g/mol. The Morgan fingerprint density at radius 3 is 2.50 bits per heavy atom. The van der Waals surface area contributed by atoms with Crippen LogP contribution in [-0.2, 0) is 9.53 Å². The van der Waals surface area contributed by atoms with Crippen LogP contribution in [0.5, 0.6) is 5.75 Å². The van der Waals surface area contributed by atoms with Crippen LogP contribution in [0.25, 0.3) is 0 Å². The fraction of sp³-hybridized carbons (Fsp3) is 0.533. The lowest BCUT2D eigenvalue weighted by molar-refractivity contribution is -0.143. The molecule has 0 radical (unpaired) electrons. The molecule has 2 rings (SSSR count). The van der Waals surface area contributed by atoms with Crippen LogP contribution in [0.4, 0.5) is 4.39 Å². The van der Waals surface area contributed by atoms with Crippen molar-refractivity contribution in [1.29, 1.82) is 0 Å². The van der Waals surface area contributed by atoms with Gasteiger partial charge < -0.3 is 14.4 Å². The van der Waals surface area contributed by atoms with Crippen molar-refractivity contribution in [3.05, 3.63) is 30.1 Å². The number of morpholine rings is 1. The van der Waals surface area contributed by atoms with Crippen LogP contribution in [0.15, 0.2) is 24.3 Å². The van der Waals surface area contributed by atoms with Crippen LogP contribution < -0.4 is 4.74 Å². The minimum Gasteiger partial charge on any atom is -0.493 e. The van der Waals surface area contributed by atoms with Gasteiger partial charge in [0, 0.05) is 13.1 Å². The molecule has 0 bridgehead atoms. The van der Waals surface area contributed by atoms with Crippen LogP contribution in [0.3, 0.4) is 0 Å². The lowest BCUT2D eigenvalue weighted by Gasteiger charge is -2.35. The lowest BCUT2D eigenvalue weighted by Crippen LogP contribution is -2.48. The molecule has 1 aliphatic rings. The topological polar surface area (TPSA) is 38.8 Å². The van der Waals surface area contributed by atoms with E-state index in [0.29, 0.717) is 31.9 Å². The van der Waals surface area contributed by atoms with E-state index in [0.717, 1.165) is 0 Å². The van der Waals surface area contributed by atoms with Crippen molar-refractivity contribution in [3.63, 3.8) is 0 Å². The van der Waals surface area contributed by atoms with Gasteiger partial charge >= 0.3 is 0 Å². The zero-order chi connectivity index (χ0) is 14.5. The third kappa shape index (κ3) is 4.20. The highest BCUT2D eigenvalue weighted by atomic mass is 19.1. The quantitative estimate of drug-likeness (QED) is 0.849. The second-order valence-corrected chi connectivity index (χ2v) is 5.11. The standard InChI is InChI=1S/C15H20FNO3/c1-11-9-17(10-12(2)20-11)15(18)7-8-19-14-5-3-13(16)4-6-14/h3-6,11-12H,7-10H2,1-2H3/t11-,12+. The van der Waals surface area contributed by atoms with E-state index in [2.05, 4.69) is 0 Å². The third-order valence-electron chi connectivity index (χ3n) is 3.17. The number of rotatable bonds is 4. The van der Waals surface area contributed by atoms with Crippen molar-refractivity contribution >= 4 is 5.91 Å². The number of hydrogen-bond donors (Lipinski definition) is 0. The fourth-order valence-electron chi connectivity index (χ4n) is 2.33. The molecule has 1 aliphatic heterocycles. The second kappa shape index (κ2) is 6.70. The Bertz CT molecular complexity index is 439. The number of nitrogens with zero attached hydrogens (tertiary/aromatic N) is 1. The van der Waals surface area contributed by atoms with Crippen molar-refractivity contribution < 1.29 is 18.7 Å². The Kier molecular flexibility index (Phi) is 4.95. The van der Waals surface area contributed by atoms with E-state index in [9.17, 15) is 9.18 Å². The zero-order valence-corrected chi connectivity index (χ0v) is 11.8. The molecule has 1 heterocycles. The molecule has 0 N–H and O–H groups in total. The molecule has 1 saturated heterocycles. The molecule has 1 fully saturated rings. The number of carbonyl (C=O) groups excluding carboxylic acids is 1. The van der Waals surface area contributed by atoms with Gasteiger partial charge in [-0.25, -0.2) is 4.39 Å². The van der Waals surface area contributed by atoms with Crippen LogP contribution >= 0.6 is 0 Å². The number of hydrogen-bond acceptors (Lipinski definition) is 3. The smallest absolute Gasteiger partial charge is 0.226 e. The monoisotopic (exact) mass is 281 g/mol. The largest absolute Gasteiger partial charge is 0.493 e. The van der Waals surface area contributed by atoms with Gasteiger partial charge in [0.1, 0.15) is 11.6 Å². The first-order valence-electron chi connectivity index (χ1n) is 6.86. The minimum atomic E-state index is -0.301. The average Bonchev–Trinajstić information content (AvgIpc) is 2.40. The Hall–Kier alpha value is -1.62. The van der Waals surface area contributed by atoms with Crippen molar-refractivity contribution in [2.45, 2.75) is 32.5 Å². The Morgan fingerprint density at radius 2 is 1.90 bits per heavy atom. The maximum Gasteiger partial charge on any atom is 0.226 e. The lowest BCUT2D eigenvalue weighted by atomic mass is 10.2. The fourth-order valence-corrected chi connectivity index (χ4v) is 2.33. The SMILES string of the molecule is C[C@@H]1CN(C(=O)CCOc2ccc(F)cc2)C[C@H](C)O1. The van der Waals surface area contributed by atoms with Crippen molar-refractivity contribution in [3.8, 4) is 5.75 Å². The Morgan fingerprint density at radius 1 is 1.30 bits per heavy atom. The van der Waals surface area contributed by atoms with Gasteiger partial charge in [0.15, 0.2) is 0 Å². The van der Waals surface area contributed by atoms with Gasteiger partial charge in [-0.3, -0.25) is 4.79 Å². The predicted molar refractivity (Wildman–Crippen MR) is 73.1 cm³/mol. The van der Waals surface area contributed by atoms with E-state index in [1.807, 2.05) is 18.7 Å². The molecule has 0 aliphatic carbocycles. The second-order valence-electron chi connectivity index (χ2n) is 5.11. The van der Waals surface area contributed by atoms with Gasteiger partial charge in [-0.15, -0.1) is 0 Å². The minimum absolute atomic E-state index is 0.0640. The van der Waals surface area contributed by atoms with Gasteiger partial charge in [0.25, 0.3) is 0 Å². The van der Waals surface area contributed by atoms with Crippen LogP contribution in [-0.4, -0.2) is 42.7 Å². The number of amides is 1. The predicted octanol–water partition coefficient (Wildman–Crippen LogP) is 2.23. The van der Waals surface area contributed by atoms with Crippen molar-refractivity contribution in [2.24, 2.45) is 0 Å². The molecule has 1 aromatic carbocycles. The van der Waals surface area contributed by atoms with Crippen LogP contribution in [0, 0.1) is 5.82 Å². The number of ether oxygens (including phenoxy) is 2. The number of halogens is 1. The first kappa shape index (κ1) is 14.8. The zero-order valence-electron chi connectivity index (χ0n) is 11.8. The van der Waals surface area contributed by atoms with E-state index in [-0.39, 0.29) is 23.9 Å². The molecule has 0 unspecified atom stereocenters. The van der Waals surface area contributed by atoms with Crippen molar-refractivity contribution in [2.75, 3.05) is 19.7 Å². The molecule has 1 amide bonds. The third-order valence-corrected chi connectivity index (χ3v) is 3.17. The van der Waals surface area contributed by atoms with E-state index in [1.54, 1.807) is 12.1 Å². The summed E-state index contributed by atoms with van der Waals surface area (Å²) in [6.07, 6.45) is 0.457. The first-order chi connectivity index (χ1) is 9.54. The molecule has 110 valence electrons. The molecular formula is C15H20FNO3. The van der Waals surface area contributed by atoms with E-state index in [1.165, 1.54) is 12.1 Å². The summed E-state index contributed by atoms with van der Waals surface area (Å²) in [7, 11) is 0. The summed E-state index contributed by atoms with van der Waals surface area (Å²) < 4.78 is 23.7. The summed E-state index contributed by atoms with van der Waals surface area (Å²) in [5.74, 6) is 0.335. The highest BCUT2D eigenvalue weighted by Crippen LogP contribution is 2.13. The molecule has 20 heavy (non-hydrogen) atoms. The summed E-state index contributed by atoms with van der Waals surface area (Å²) >= 11 is 0. The van der Waals surface area contributed by atoms with E-state index < -0.39 is 0 Å². The molecule has 0 spiro atoms. The van der Waals surface area contributed by atoms with Gasteiger partial charge in [-0.1, -0.05) is 0 Å². The average molecular weight is 281 g/mol. The molecule has 5 heteroatoms. The summed E-state index contributed by atoms with van der Waals surface area (Å²) in [6.45, 7) is 5.47. The Labute approximate surface area is 118 Å². The molecule has 0 aromatic heterocycles. The first-order valence-corrected chi connectivity index (χ1v) is 6.86. The van der Waals surface area contributed by atoms with Crippen LogP contribution in [0.1, 0.15) is 20.3 Å². The summed E-state index contributed by atoms with van der Waals surface area (Å²) in [5.41, 5.74) is 0. The summed E-state index contributed by atoms with van der Waals surface area (Å²) in [5, 5.41) is 0. The van der Waals surface area contributed by atoms with E-state index >= 15 is 0 Å². The Balaban J connectivity index is 1.76. The summed E-state index contributed by atoms with van der Waals surface area (Å²) in [4.78, 5) is 13.9. The van der Waals surface area contributed by atoms with Gasteiger partial charge in [0.05, 0.1) is 25.2 Å². The maximum absolute atomic E-state index is 12.7. The molecule has 1 aromatic rings. The normalized spacial score (nSPS) is 22.6. The molecule has 0 saturated carbocycles. The van der Waals surface area contributed by atoms with Gasteiger partial charge in [-0.05, 0) is 38.1 Å². The van der Waals surface area contributed by atoms with Gasteiger partial charge in [-0.2, -0.15) is 0 Å². The summed E-state index contributed by atoms with van der Waals surface area (Å²) in [6, 6.07) is 5.78. The van der Waals surface area contributed by atoms with Crippen LogP contribution in [0.2, 0.25) is 0 Å².